The normalized spacial score (nSPS) is 11.0. The van der Waals surface area contributed by atoms with Crippen molar-refractivity contribution in [3.8, 4) is 11.8 Å². The molecule has 3 aromatic rings. The molecule has 170 valence electrons. The van der Waals surface area contributed by atoms with Gasteiger partial charge in [-0.2, -0.15) is 18.4 Å². The maximum atomic E-state index is 13.2. The van der Waals surface area contributed by atoms with Gasteiger partial charge in [0.15, 0.2) is 0 Å². The predicted octanol–water partition coefficient (Wildman–Crippen LogP) is 4.86. The van der Waals surface area contributed by atoms with Gasteiger partial charge < -0.3 is 14.4 Å². The third-order valence-corrected chi connectivity index (χ3v) is 4.75. The Balaban J connectivity index is 1.81. The van der Waals surface area contributed by atoms with Gasteiger partial charge in [-0.15, -0.1) is 0 Å². The number of carbonyl (C=O) groups excluding carboxylic acids is 2. The molecule has 0 bridgehead atoms. The lowest BCUT2D eigenvalue weighted by Gasteiger charge is -2.24. The fourth-order valence-corrected chi connectivity index (χ4v) is 3.23. The number of benzene rings is 3. The molecule has 33 heavy (non-hydrogen) atoms. The Morgan fingerprint density at radius 1 is 1.00 bits per heavy atom. The molecule has 0 aliphatic carbocycles. The largest absolute Gasteiger partial charge is 0.491 e. The fraction of sp³-hybridized carbons (Fsp3) is 0.208. The van der Waals surface area contributed by atoms with Gasteiger partial charge in [0.1, 0.15) is 12.4 Å². The molecule has 0 aromatic heterocycles. The Morgan fingerprint density at radius 3 is 2.27 bits per heavy atom. The van der Waals surface area contributed by atoms with Crippen molar-refractivity contribution in [3.05, 3.63) is 71.8 Å². The monoisotopic (exact) mass is 456 g/mol. The molecule has 3 rings (SSSR count). The summed E-state index contributed by atoms with van der Waals surface area (Å²) in [5.74, 6) is -2.30. The molecule has 0 spiro atoms. The SMILES string of the molecule is CCOC(=O)c1ccc(N(CCOc2ccc(C#N)c3ccccc23)C(=O)C(F)(F)F)cc1. The van der Waals surface area contributed by atoms with Crippen LogP contribution in [0, 0.1) is 11.3 Å². The van der Waals surface area contributed by atoms with E-state index in [0.29, 0.717) is 27.0 Å². The van der Waals surface area contributed by atoms with Gasteiger partial charge in [-0.1, -0.05) is 24.3 Å². The number of hydrogen-bond acceptors (Lipinski definition) is 5. The van der Waals surface area contributed by atoms with Crippen LogP contribution in [0.25, 0.3) is 10.8 Å². The summed E-state index contributed by atoms with van der Waals surface area (Å²) in [4.78, 5) is 24.4. The minimum atomic E-state index is -5.10. The molecule has 1 amide bonds. The van der Waals surface area contributed by atoms with E-state index in [0.717, 1.165) is 0 Å². The molecule has 0 radical (unpaired) electrons. The Morgan fingerprint density at radius 2 is 1.67 bits per heavy atom. The van der Waals surface area contributed by atoms with Crippen LogP contribution in [-0.4, -0.2) is 37.8 Å². The van der Waals surface area contributed by atoms with E-state index >= 15 is 0 Å². The minimum Gasteiger partial charge on any atom is -0.491 e. The van der Waals surface area contributed by atoms with Gasteiger partial charge >= 0.3 is 18.1 Å². The molecular weight excluding hydrogens is 437 g/mol. The number of amides is 1. The predicted molar refractivity (Wildman–Crippen MR) is 115 cm³/mol. The summed E-state index contributed by atoms with van der Waals surface area (Å²) in [5.41, 5.74) is 0.549. The Labute approximate surface area is 187 Å². The number of nitrogens with zero attached hydrogens (tertiary/aromatic N) is 2. The average molecular weight is 456 g/mol. The molecule has 0 saturated heterocycles. The molecule has 0 aliphatic heterocycles. The first-order valence-corrected chi connectivity index (χ1v) is 9.96. The topological polar surface area (TPSA) is 79.6 Å². The molecule has 3 aromatic carbocycles. The molecule has 9 heteroatoms. The van der Waals surface area contributed by atoms with Crippen molar-refractivity contribution in [2.24, 2.45) is 0 Å². The number of carbonyl (C=O) groups is 2. The van der Waals surface area contributed by atoms with Crippen molar-refractivity contribution < 1.29 is 32.2 Å². The summed E-state index contributed by atoms with van der Waals surface area (Å²) in [5, 5.41) is 10.5. The second kappa shape index (κ2) is 10.0. The summed E-state index contributed by atoms with van der Waals surface area (Å²) in [6, 6.07) is 17.3. The smallest absolute Gasteiger partial charge is 0.471 e. The highest BCUT2D eigenvalue weighted by atomic mass is 19.4. The van der Waals surface area contributed by atoms with Gasteiger partial charge in [-0.05, 0) is 43.3 Å². The molecule has 0 fully saturated rings. The number of rotatable bonds is 7. The first-order chi connectivity index (χ1) is 15.8. The van der Waals surface area contributed by atoms with Crippen molar-refractivity contribution in [2.45, 2.75) is 13.1 Å². The lowest BCUT2D eigenvalue weighted by atomic mass is 10.0. The zero-order chi connectivity index (χ0) is 24.0. The van der Waals surface area contributed by atoms with Crippen LogP contribution in [0.2, 0.25) is 0 Å². The number of esters is 1. The van der Waals surface area contributed by atoms with Crippen LogP contribution in [0.4, 0.5) is 18.9 Å². The van der Waals surface area contributed by atoms with E-state index in [1.54, 1.807) is 43.3 Å². The maximum absolute atomic E-state index is 13.2. The molecule has 0 atom stereocenters. The first-order valence-electron chi connectivity index (χ1n) is 9.96. The summed E-state index contributed by atoms with van der Waals surface area (Å²) >= 11 is 0. The van der Waals surface area contributed by atoms with Crippen molar-refractivity contribution in [1.29, 1.82) is 5.26 Å². The lowest BCUT2D eigenvalue weighted by molar-refractivity contribution is -0.170. The molecule has 6 nitrogen and oxygen atoms in total. The zero-order valence-corrected chi connectivity index (χ0v) is 17.6. The van der Waals surface area contributed by atoms with E-state index in [9.17, 15) is 28.0 Å². The van der Waals surface area contributed by atoms with E-state index in [-0.39, 0.29) is 24.5 Å². The highest BCUT2D eigenvalue weighted by Crippen LogP contribution is 2.29. The Kier molecular flexibility index (Phi) is 7.18. The molecule has 0 heterocycles. The third-order valence-electron chi connectivity index (χ3n) is 4.75. The molecule has 0 saturated carbocycles. The lowest BCUT2D eigenvalue weighted by Crippen LogP contribution is -2.43. The first kappa shape index (κ1) is 23.6. The zero-order valence-electron chi connectivity index (χ0n) is 17.6. The molecule has 0 N–H and O–H groups in total. The quantitative estimate of drug-likeness (QED) is 0.475. The summed E-state index contributed by atoms with van der Waals surface area (Å²) in [7, 11) is 0. The number of nitriles is 1. The Bertz CT molecular complexity index is 1200. The summed E-state index contributed by atoms with van der Waals surface area (Å²) in [6.07, 6.45) is -5.10. The summed E-state index contributed by atoms with van der Waals surface area (Å²) in [6.45, 7) is 1.15. The van der Waals surface area contributed by atoms with Crippen LogP contribution < -0.4 is 9.64 Å². The number of halogens is 3. The molecule has 0 aliphatic rings. The van der Waals surface area contributed by atoms with E-state index < -0.39 is 24.6 Å². The second-order valence-electron chi connectivity index (χ2n) is 6.84. The summed E-state index contributed by atoms with van der Waals surface area (Å²) < 4.78 is 50.1. The third kappa shape index (κ3) is 5.41. The Hall–Kier alpha value is -4.06. The number of fused-ring (bicyclic) bond motifs is 1. The van der Waals surface area contributed by atoms with Crippen LogP contribution in [0.5, 0.6) is 5.75 Å². The highest BCUT2D eigenvalue weighted by molar-refractivity contribution is 5.98. The van der Waals surface area contributed by atoms with E-state index in [4.69, 9.17) is 9.47 Å². The van der Waals surface area contributed by atoms with Gasteiger partial charge in [0.2, 0.25) is 0 Å². The number of hydrogen-bond donors (Lipinski definition) is 0. The van der Waals surface area contributed by atoms with Crippen molar-refractivity contribution in [1.82, 2.24) is 0 Å². The molecule has 0 unspecified atom stereocenters. The van der Waals surface area contributed by atoms with Crippen LogP contribution in [0.3, 0.4) is 0 Å². The van der Waals surface area contributed by atoms with Crippen molar-refractivity contribution in [2.75, 3.05) is 24.7 Å². The van der Waals surface area contributed by atoms with Gasteiger partial charge in [-0.25, -0.2) is 4.79 Å². The molecular formula is C24H19F3N2O4. The highest BCUT2D eigenvalue weighted by Gasteiger charge is 2.43. The number of alkyl halides is 3. The van der Waals surface area contributed by atoms with Crippen molar-refractivity contribution in [3.63, 3.8) is 0 Å². The minimum absolute atomic E-state index is 0.0429. The van der Waals surface area contributed by atoms with E-state index in [1.807, 2.05) is 0 Å². The van der Waals surface area contributed by atoms with Crippen LogP contribution in [-0.2, 0) is 9.53 Å². The van der Waals surface area contributed by atoms with Crippen molar-refractivity contribution >= 4 is 28.3 Å². The standard InChI is InChI=1S/C24H19F3N2O4/c1-2-32-22(30)16-7-10-18(11-8-16)29(23(31)24(25,26)27)13-14-33-21-12-9-17(15-28)19-5-3-4-6-20(19)21/h3-12H,2,13-14H2,1H3. The van der Waals surface area contributed by atoms with Crippen LogP contribution in [0.15, 0.2) is 60.7 Å². The van der Waals surface area contributed by atoms with Gasteiger partial charge in [0.05, 0.1) is 30.3 Å². The number of anilines is 1. The van der Waals surface area contributed by atoms with Gasteiger partial charge in [-0.3, -0.25) is 4.79 Å². The second-order valence-corrected chi connectivity index (χ2v) is 6.84. The van der Waals surface area contributed by atoms with E-state index in [1.165, 1.54) is 24.3 Å². The average Bonchev–Trinajstić information content (AvgIpc) is 2.81. The van der Waals surface area contributed by atoms with Crippen LogP contribution >= 0.6 is 0 Å². The van der Waals surface area contributed by atoms with Gasteiger partial charge in [0, 0.05) is 16.5 Å². The fourth-order valence-electron chi connectivity index (χ4n) is 3.23. The van der Waals surface area contributed by atoms with E-state index in [2.05, 4.69) is 6.07 Å². The number of ether oxygens (including phenoxy) is 2. The maximum Gasteiger partial charge on any atom is 0.471 e. The van der Waals surface area contributed by atoms with Crippen LogP contribution in [0.1, 0.15) is 22.8 Å². The van der Waals surface area contributed by atoms with Gasteiger partial charge in [0.25, 0.3) is 0 Å².